The van der Waals surface area contributed by atoms with Crippen LogP contribution in [-0.2, 0) is 14.4 Å². The summed E-state index contributed by atoms with van der Waals surface area (Å²) < 4.78 is 11.0. The standard InChI is InChI=1S/C21H29N3O5S/c1-2-23(20(26)14-30-15-21(27)24-8-4-3-5-9-24)13-19(25)22-16-6-7-17-18(12-16)29-11-10-28-17/h6-7,12H,2-5,8-11,13-15H2,1H3,(H,22,25). The molecule has 0 spiro atoms. The van der Waals surface area contributed by atoms with Crippen LogP contribution in [0.15, 0.2) is 18.2 Å². The first-order valence-corrected chi connectivity index (χ1v) is 11.5. The van der Waals surface area contributed by atoms with Gasteiger partial charge in [-0.25, -0.2) is 0 Å². The van der Waals surface area contributed by atoms with Gasteiger partial charge in [0.15, 0.2) is 11.5 Å². The molecule has 3 amide bonds. The van der Waals surface area contributed by atoms with Gasteiger partial charge in [-0.05, 0) is 38.3 Å². The molecule has 0 unspecified atom stereocenters. The molecule has 1 saturated heterocycles. The minimum absolute atomic E-state index is 0.0373. The van der Waals surface area contributed by atoms with Crippen molar-refractivity contribution in [2.75, 3.05) is 56.2 Å². The number of anilines is 1. The van der Waals surface area contributed by atoms with Gasteiger partial charge in [0.2, 0.25) is 17.7 Å². The maximum atomic E-state index is 12.5. The highest BCUT2D eigenvalue weighted by molar-refractivity contribution is 8.00. The predicted octanol–water partition coefficient (Wildman–Crippen LogP) is 1.99. The van der Waals surface area contributed by atoms with Crippen molar-refractivity contribution in [2.24, 2.45) is 0 Å². The third kappa shape index (κ3) is 6.29. The molecule has 1 fully saturated rings. The molecular weight excluding hydrogens is 406 g/mol. The zero-order valence-corrected chi connectivity index (χ0v) is 18.2. The monoisotopic (exact) mass is 435 g/mol. The van der Waals surface area contributed by atoms with Crippen LogP contribution in [0.1, 0.15) is 26.2 Å². The molecule has 0 aliphatic carbocycles. The number of benzene rings is 1. The van der Waals surface area contributed by atoms with Crippen molar-refractivity contribution in [3.05, 3.63) is 18.2 Å². The number of hydrogen-bond acceptors (Lipinski definition) is 6. The Labute approximate surface area is 181 Å². The van der Waals surface area contributed by atoms with Crippen molar-refractivity contribution in [3.63, 3.8) is 0 Å². The quantitative estimate of drug-likeness (QED) is 0.672. The van der Waals surface area contributed by atoms with Crippen molar-refractivity contribution in [2.45, 2.75) is 26.2 Å². The van der Waals surface area contributed by atoms with Crippen molar-refractivity contribution in [1.82, 2.24) is 9.80 Å². The van der Waals surface area contributed by atoms with E-state index in [0.29, 0.717) is 42.7 Å². The van der Waals surface area contributed by atoms with Crippen LogP contribution in [0.2, 0.25) is 0 Å². The SMILES string of the molecule is CCN(CC(=O)Nc1ccc2c(c1)OCCO2)C(=O)CSCC(=O)N1CCCCC1. The number of rotatable bonds is 8. The molecule has 8 nitrogen and oxygen atoms in total. The summed E-state index contributed by atoms with van der Waals surface area (Å²) in [6.45, 7) is 4.83. The lowest BCUT2D eigenvalue weighted by atomic mass is 10.1. The van der Waals surface area contributed by atoms with Crippen molar-refractivity contribution < 1.29 is 23.9 Å². The number of fused-ring (bicyclic) bond motifs is 1. The fourth-order valence-electron chi connectivity index (χ4n) is 3.42. The first-order chi connectivity index (χ1) is 14.6. The molecule has 1 aromatic rings. The molecule has 0 aromatic heterocycles. The van der Waals surface area contributed by atoms with E-state index < -0.39 is 0 Å². The summed E-state index contributed by atoms with van der Waals surface area (Å²) in [5.74, 6) is 1.39. The van der Waals surface area contributed by atoms with Gasteiger partial charge in [0.1, 0.15) is 13.2 Å². The fourth-order valence-corrected chi connectivity index (χ4v) is 4.24. The number of nitrogens with zero attached hydrogens (tertiary/aromatic N) is 2. The van der Waals surface area contributed by atoms with E-state index in [1.54, 1.807) is 18.2 Å². The van der Waals surface area contributed by atoms with E-state index in [9.17, 15) is 14.4 Å². The summed E-state index contributed by atoms with van der Waals surface area (Å²) in [6.07, 6.45) is 3.28. The second-order valence-corrected chi connectivity index (χ2v) is 8.23. The third-order valence-electron chi connectivity index (χ3n) is 5.05. The maximum absolute atomic E-state index is 12.5. The summed E-state index contributed by atoms with van der Waals surface area (Å²) in [5, 5.41) is 2.79. The van der Waals surface area contributed by atoms with Crippen molar-refractivity contribution >= 4 is 35.2 Å². The van der Waals surface area contributed by atoms with Crippen molar-refractivity contribution in [3.8, 4) is 11.5 Å². The fraction of sp³-hybridized carbons (Fsp3) is 0.571. The van der Waals surface area contributed by atoms with Gasteiger partial charge in [-0.3, -0.25) is 14.4 Å². The Morgan fingerprint density at radius 2 is 1.80 bits per heavy atom. The van der Waals surface area contributed by atoms with E-state index in [0.717, 1.165) is 25.9 Å². The lowest BCUT2D eigenvalue weighted by molar-refractivity contribution is -0.132. The third-order valence-corrected chi connectivity index (χ3v) is 5.96. The molecule has 0 bridgehead atoms. The molecular formula is C21H29N3O5S. The number of carbonyl (C=O) groups excluding carboxylic acids is 3. The first kappa shape index (κ1) is 22.3. The smallest absolute Gasteiger partial charge is 0.243 e. The molecule has 164 valence electrons. The largest absolute Gasteiger partial charge is 0.486 e. The van der Waals surface area contributed by atoms with Crippen LogP contribution in [0, 0.1) is 0 Å². The van der Waals surface area contributed by atoms with Crippen LogP contribution >= 0.6 is 11.8 Å². The molecule has 2 heterocycles. The molecule has 0 atom stereocenters. The van der Waals surface area contributed by atoms with E-state index in [2.05, 4.69) is 5.32 Å². The minimum Gasteiger partial charge on any atom is -0.486 e. The van der Waals surface area contributed by atoms with E-state index >= 15 is 0 Å². The van der Waals surface area contributed by atoms with Gasteiger partial charge in [-0.2, -0.15) is 0 Å². The summed E-state index contributed by atoms with van der Waals surface area (Å²) in [4.78, 5) is 40.4. The average molecular weight is 436 g/mol. The highest BCUT2D eigenvalue weighted by Gasteiger charge is 2.20. The Bertz CT molecular complexity index is 767. The first-order valence-electron chi connectivity index (χ1n) is 10.4. The molecule has 2 aliphatic rings. The molecule has 3 rings (SSSR count). The second kappa shape index (κ2) is 11.1. The number of ether oxygens (including phenoxy) is 2. The summed E-state index contributed by atoms with van der Waals surface area (Å²) in [6, 6.07) is 5.21. The minimum atomic E-state index is -0.281. The second-order valence-electron chi connectivity index (χ2n) is 7.25. The van der Waals surface area contributed by atoms with Gasteiger partial charge >= 0.3 is 0 Å². The van der Waals surface area contributed by atoms with Crippen LogP contribution in [0.3, 0.4) is 0 Å². The number of amides is 3. The Balaban J connectivity index is 1.42. The Hall–Kier alpha value is -2.42. The zero-order valence-electron chi connectivity index (χ0n) is 17.4. The number of hydrogen-bond donors (Lipinski definition) is 1. The van der Waals surface area contributed by atoms with Crippen LogP contribution < -0.4 is 14.8 Å². The molecule has 0 radical (unpaired) electrons. The average Bonchev–Trinajstić information content (AvgIpc) is 2.77. The normalized spacial score (nSPS) is 15.4. The summed E-state index contributed by atoms with van der Waals surface area (Å²) >= 11 is 1.31. The Kier molecular flexibility index (Phi) is 8.24. The molecule has 2 aliphatic heterocycles. The van der Waals surface area contributed by atoms with E-state index in [-0.39, 0.29) is 30.0 Å². The molecule has 30 heavy (non-hydrogen) atoms. The van der Waals surface area contributed by atoms with E-state index in [4.69, 9.17) is 9.47 Å². The molecule has 9 heteroatoms. The van der Waals surface area contributed by atoms with Crippen LogP contribution in [0.25, 0.3) is 0 Å². The highest BCUT2D eigenvalue weighted by Crippen LogP contribution is 2.32. The number of thioether (sulfide) groups is 1. The lowest BCUT2D eigenvalue weighted by Crippen LogP contribution is -2.39. The van der Waals surface area contributed by atoms with Crippen LogP contribution in [0.5, 0.6) is 11.5 Å². The van der Waals surface area contributed by atoms with Gasteiger partial charge in [0.05, 0.1) is 18.1 Å². The lowest BCUT2D eigenvalue weighted by Gasteiger charge is -2.26. The molecule has 1 aromatic carbocycles. The van der Waals surface area contributed by atoms with Gasteiger partial charge in [-0.1, -0.05) is 0 Å². The van der Waals surface area contributed by atoms with Gasteiger partial charge in [0, 0.05) is 31.4 Å². The van der Waals surface area contributed by atoms with E-state index in [1.807, 2.05) is 11.8 Å². The highest BCUT2D eigenvalue weighted by atomic mass is 32.2. The number of likely N-dealkylation sites (N-methyl/N-ethyl adjacent to an activating group) is 1. The summed E-state index contributed by atoms with van der Waals surface area (Å²) in [5.41, 5.74) is 0.592. The molecule has 1 N–H and O–H groups in total. The number of piperidine rings is 1. The number of carbonyl (C=O) groups is 3. The van der Waals surface area contributed by atoms with Crippen LogP contribution in [-0.4, -0.2) is 78.4 Å². The van der Waals surface area contributed by atoms with Gasteiger partial charge < -0.3 is 24.6 Å². The summed E-state index contributed by atoms with van der Waals surface area (Å²) in [7, 11) is 0. The number of nitrogens with one attached hydrogen (secondary N) is 1. The molecule has 0 saturated carbocycles. The van der Waals surface area contributed by atoms with Crippen LogP contribution in [0.4, 0.5) is 5.69 Å². The van der Waals surface area contributed by atoms with Gasteiger partial charge in [-0.15, -0.1) is 11.8 Å². The Morgan fingerprint density at radius 1 is 1.07 bits per heavy atom. The topological polar surface area (TPSA) is 88.2 Å². The predicted molar refractivity (Wildman–Crippen MR) is 116 cm³/mol. The van der Waals surface area contributed by atoms with Crippen molar-refractivity contribution in [1.29, 1.82) is 0 Å². The maximum Gasteiger partial charge on any atom is 0.243 e. The van der Waals surface area contributed by atoms with E-state index in [1.165, 1.54) is 23.1 Å². The van der Waals surface area contributed by atoms with Gasteiger partial charge in [0.25, 0.3) is 0 Å². The Morgan fingerprint density at radius 3 is 2.53 bits per heavy atom. The number of likely N-dealkylation sites (tertiary alicyclic amines) is 1. The zero-order chi connectivity index (χ0) is 21.3.